The number of ether oxygens (including phenoxy) is 1. The fourth-order valence-electron chi connectivity index (χ4n) is 4.31. The van der Waals surface area contributed by atoms with E-state index in [4.69, 9.17) is 4.74 Å². The maximum Gasteiger partial charge on any atom is 0.322 e. The molecule has 0 aromatic heterocycles. The number of para-hydroxylation sites is 1. The zero-order valence-corrected chi connectivity index (χ0v) is 18.9. The van der Waals surface area contributed by atoms with Crippen molar-refractivity contribution in [2.75, 3.05) is 24.2 Å². The Hall–Kier alpha value is -1.64. The predicted molar refractivity (Wildman–Crippen MR) is 119 cm³/mol. The molecule has 1 aliphatic carbocycles. The molecule has 0 spiro atoms. The maximum absolute atomic E-state index is 13.0. The van der Waals surface area contributed by atoms with Crippen molar-refractivity contribution in [2.45, 2.75) is 70.6 Å². The van der Waals surface area contributed by atoms with Crippen molar-refractivity contribution in [3.63, 3.8) is 0 Å². The molecule has 2 amide bonds. The Labute approximate surface area is 180 Å². The minimum absolute atomic E-state index is 0.0216. The molecule has 1 saturated heterocycles. The van der Waals surface area contributed by atoms with Crippen LogP contribution in [0, 0.1) is 5.92 Å². The molecule has 0 unspecified atom stereocenters. The summed E-state index contributed by atoms with van der Waals surface area (Å²) in [7, 11) is -3.37. The van der Waals surface area contributed by atoms with Crippen LogP contribution in [0.4, 0.5) is 10.5 Å². The predicted octanol–water partition coefficient (Wildman–Crippen LogP) is 3.59. The molecular weight excluding hydrogens is 402 g/mol. The Kier molecular flexibility index (Phi) is 8.13. The molecule has 2 atom stereocenters. The van der Waals surface area contributed by atoms with Crippen LogP contribution in [0.1, 0.15) is 52.4 Å². The molecule has 1 aromatic carbocycles. The van der Waals surface area contributed by atoms with Crippen molar-refractivity contribution in [2.24, 2.45) is 5.92 Å². The summed E-state index contributed by atoms with van der Waals surface area (Å²) in [6, 6.07) is 8.43. The van der Waals surface area contributed by atoms with E-state index in [0.717, 1.165) is 43.7 Å². The maximum atomic E-state index is 13.0. The Morgan fingerprint density at radius 2 is 1.83 bits per heavy atom. The molecule has 0 radical (unpaired) electrons. The van der Waals surface area contributed by atoms with E-state index in [-0.39, 0.29) is 30.0 Å². The standard InChI is InChI=1S/C22H35N3O4S/c1-3-30(27,28)24-20-10-7-15-25(22(26)23-18-8-5-4-6-9-18)21(20)16-29-19-13-11-17(2)12-14-19/h4-6,8-9,17,19-21,24H,3,7,10-16H2,1-2H3,(H,23,26)/t17?,19?,20-,21-/m0/s1. The zero-order chi connectivity index (χ0) is 21.6. The molecule has 2 fully saturated rings. The molecule has 7 nitrogen and oxygen atoms in total. The third kappa shape index (κ3) is 6.43. The van der Waals surface area contributed by atoms with Crippen LogP contribution in [0.2, 0.25) is 0 Å². The van der Waals surface area contributed by atoms with Gasteiger partial charge in [0, 0.05) is 18.3 Å². The van der Waals surface area contributed by atoms with E-state index in [2.05, 4.69) is 17.0 Å². The number of hydrogen-bond donors (Lipinski definition) is 2. The first-order chi connectivity index (χ1) is 14.4. The van der Waals surface area contributed by atoms with Crippen LogP contribution in [0.5, 0.6) is 0 Å². The number of anilines is 1. The largest absolute Gasteiger partial charge is 0.376 e. The summed E-state index contributed by atoms with van der Waals surface area (Å²) in [5.74, 6) is 0.755. The lowest BCUT2D eigenvalue weighted by atomic mass is 9.89. The Balaban J connectivity index is 1.71. The van der Waals surface area contributed by atoms with Gasteiger partial charge in [-0.2, -0.15) is 0 Å². The molecule has 0 bridgehead atoms. The summed E-state index contributed by atoms with van der Waals surface area (Å²) in [6.07, 6.45) is 5.98. The lowest BCUT2D eigenvalue weighted by Gasteiger charge is -2.42. The quantitative estimate of drug-likeness (QED) is 0.682. The summed E-state index contributed by atoms with van der Waals surface area (Å²) < 4.78 is 33.5. The van der Waals surface area contributed by atoms with Gasteiger partial charge >= 0.3 is 6.03 Å². The van der Waals surface area contributed by atoms with Crippen molar-refractivity contribution in [3.05, 3.63) is 30.3 Å². The topological polar surface area (TPSA) is 87.7 Å². The average molecular weight is 438 g/mol. The van der Waals surface area contributed by atoms with Crippen molar-refractivity contribution < 1.29 is 17.9 Å². The monoisotopic (exact) mass is 437 g/mol. The number of carbonyl (C=O) groups is 1. The molecule has 168 valence electrons. The van der Waals surface area contributed by atoms with Gasteiger partial charge in [0.05, 0.1) is 24.5 Å². The second-order valence-corrected chi connectivity index (χ2v) is 10.6. The van der Waals surface area contributed by atoms with Gasteiger partial charge in [-0.15, -0.1) is 0 Å². The molecule has 1 heterocycles. The van der Waals surface area contributed by atoms with Gasteiger partial charge in [-0.1, -0.05) is 25.1 Å². The van der Waals surface area contributed by atoms with Gasteiger partial charge in [0.25, 0.3) is 0 Å². The minimum Gasteiger partial charge on any atom is -0.376 e. The normalized spacial score (nSPS) is 27.6. The number of nitrogens with zero attached hydrogens (tertiary/aromatic N) is 1. The summed E-state index contributed by atoms with van der Waals surface area (Å²) in [4.78, 5) is 14.8. The minimum atomic E-state index is -3.37. The SMILES string of the molecule is CCS(=O)(=O)N[C@H]1CCCN(C(=O)Nc2ccccc2)[C@H]1COC1CCC(C)CC1. The highest BCUT2D eigenvalue weighted by molar-refractivity contribution is 7.89. The van der Waals surface area contributed by atoms with E-state index in [1.807, 2.05) is 30.3 Å². The van der Waals surface area contributed by atoms with Crippen molar-refractivity contribution >= 4 is 21.7 Å². The fraction of sp³-hybridized carbons (Fsp3) is 0.682. The molecule has 2 aliphatic rings. The Morgan fingerprint density at radius 3 is 2.50 bits per heavy atom. The number of piperidine rings is 1. The van der Waals surface area contributed by atoms with Crippen LogP contribution < -0.4 is 10.0 Å². The molecular formula is C22H35N3O4S. The van der Waals surface area contributed by atoms with E-state index in [0.29, 0.717) is 19.6 Å². The van der Waals surface area contributed by atoms with E-state index in [1.54, 1.807) is 11.8 Å². The zero-order valence-electron chi connectivity index (χ0n) is 18.0. The van der Waals surface area contributed by atoms with Gasteiger partial charge in [0.15, 0.2) is 0 Å². The van der Waals surface area contributed by atoms with E-state index >= 15 is 0 Å². The molecule has 30 heavy (non-hydrogen) atoms. The third-order valence-electron chi connectivity index (χ3n) is 6.24. The van der Waals surface area contributed by atoms with Crippen LogP contribution in [-0.4, -0.2) is 56.4 Å². The molecule has 1 saturated carbocycles. The van der Waals surface area contributed by atoms with E-state index in [1.165, 1.54) is 0 Å². The number of sulfonamides is 1. The second kappa shape index (κ2) is 10.6. The number of hydrogen-bond acceptors (Lipinski definition) is 4. The summed E-state index contributed by atoms with van der Waals surface area (Å²) in [6.45, 7) is 4.82. The first-order valence-electron chi connectivity index (χ1n) is 11.1. The fourth-order valence-corrected chi connectivity index (χ4v) is 5.22. The smallest absolute Gasteiger partial charge is 0.322 e. The number of carbonyl (C=O) groups excluding carboxylic acids is 1. The van der Waals surface area contributed by atoms with Gasteiger partial charge in [-0.25, -0.2) is 17.9 Å². The highest BCUT2D eigenvalue weighted by Gasteiger charge is 2.37. The van der Waals surface area contributed by atoms with Crippen LogP contribution in [0.25, 0.3) is 0 Å². The van der Waals surface area contributed by atoms with Crippen LogP contribution in [0.3, 0.4) is 0 Å². The van der Waals surface area contributed by atoms with Crippen LogP contribution >= 0.6 is 0 Å². The van der Waals surface area contributed by atoms with Crippen molar-refractivity contribution in [1.29, 1.82) is 0 Å². The number of nitrogens with one attached hydrogen (secondary N) is 2. The van der Waals surface area contributed by atoms with Crippen LogP contribution in [0.15, 0.2) is 30.3 Å². The number of amides is 2. The lowest BCUT2D eigenvalue weighted by Crippen LogP contribution is -2.60. The molecule has 3 rings (SSSR count). The summed E-state index contributed by atoms with van der Waals surface area (Å²) >= 11 is 0. The number of likely N-dealkylation sites (tertiary alicyclic amines) is 1. The van der Waals surface area contributed by atoms with Crippen molar-refractivity contribution in [3.8, 4) is 0 Å². The molecule has 8 heteroatoms. The Bertz CT molecular complexity index is 779. The Morgan fingerprint density at radius 1 is 1.13 bits per heavy atom. The first kappa shape index (κ1) is 23.0. The number of urea groups is 1. The highest BCUT2D eigenvalue weighted by Crippen LogP contribution is 2.27. The average Bonchev–Trinajstić information content (AvgIpc) is 2.74. The van der Waals surface area contributed by atoms with Gasteiger partial charge < -0.3 is 15.0 Å². The number of benzene rings is 1. The lowest BCUT2D eigenvalue weighted by molar-refractivity contribution is -0.0191. The van der Waals surface area contributed by atoms with E-state index in [9.17, 15) is 13.2 Å². The molecule has 1 aliphatic heterocycles. The molecule has 2 N–H and O–H groups in total. The van der Waals surface area contributed by atoms with Gasteiger partial charge in [0.1, 0.15) is 0 Å². The summed E-state index contributed by atoms with van der Waals surface area (Å²) in [5.41, 5.74) is 0.722. The second-order valence-electron chi connectivity index (χ2n) is 8.54. The number of rotatable bonds is 7. The van der Waals surface area contributed by atoms with Gasteiger partial charge in [-0.05, 0) is 63.5 Å². The van der Waals surface area contributed by atoms with Gasteiger partial charge in [-0.3, -0.25) is 0 Å². The van der Waals surface area contributed by atoms with Gasteiger partial charge in [0.2, 0.25) is 10.0 Å². The van der Waals surface area contributed by atoms with E-state index < -0.39 is 10.0 Å². The first-order valence-corrected chi connectivity index (χ1v) is 12.8. The van der Waals surface area contributed by atoms with Crippen molar-refractivity contribution in [1.82, 2.24) is 9.62 Å². The summed E-state index contributed by atoms with van der Waals surface area (Å²) in [5, 5.41) is 2.94. The third-order valence-corrected chi connectivity index (χ3v) is 7.66. The van der Waals surface area contributed by atoms with Crippen LogP contribution in [-0.2, 0) is 14.8 Å². The highest BCUT2D eigenvalue weighted by atomic mass is 32.2. The molecule has 1 aromatic rings.